The van der Waals surface area contributed by atoms with Gasteiger partial charge in [-0.1, -0.05) is 0 Å². The maximum absolute atomic E-state index is 10.8. The molecule has 0 fully saturated rings. The van der Waals surface area contributed by atoms with Crippen LogP contribution in [0.4, 0.5) is 0 Å². The van der Waals surface area contributed by atoms with Gasteiger partial charge in [0.15, 0.2) is 0 Å². The molecular formula is C8H16N2O3. The lowest BCUT2D eigenvalue weighted by Crippen LogP contribution is -2.45. The first-order valence-corrected chi connectivity index (χ1v) is 3.97. The van der Waals surface area contributed by atoms with E-state index in [1.807, 2.05) is 0 Å². The molecule has 13 heavy (non-hydrogen) atoms. The Hall–Kier alpha value is -1.10. The highest BCUT2D eigenvalue weighted by Crippen LogP contribution is 1.97. The third-order valence-corrected chi connectivity index (χ3v) is 1.89. The van der Waals surface area contributed by atoms with Gasteiger partial charge in [0.05, 0.1) is 0 Å². The normalized spacial score (nSPS) is 12.7. The van der Waals surface area contributed by atoms with Crippen molar-refractivity contribution in [2.75, 3.05) is 27.7 Å². The fraction of sp³-hybridized carbons (Fsp3) is 0.750. The lowest BCUT2D eigenvalue weighted by Gasteiger charge is -2.24. The fourth-order valence-corrected chi connectivity index (χ4v) is 0.850. The standard InChI is InChI=1S/C8H16N2O3/c1-6(11)10(4)5-7(8(12)13)9(2)3/h7H,5H2,1-4H3,(H,12,13). The van der Waals surface area contributed by atoms with Crippen molar-refractivity contribution < 1.29 is 14.7 Å². The van der Waals surface area contributed by atoms with E-state index in [4.69, 9.17) is 5.11 Å². The molecule has 0 radical (unpaired) electrons. The van der Waals surface area contributed by atoms with Gasteiger partial charge in [-0.3, -0.25) is 14.5 Å². The van der Waals surface area contributed by atoms with Crippen LogP contribution in [0.5, 0.6) is 0 Å². The third kappa shape index (κ3) is 3.89. The van der Waals surface area contributed by atoms with E-state index < -0.39 is 12.0 Å². The van der Waals surface area contributed by atoms with Crippen LogP contribution >= 0.6 is 0 Å². The van der Waals surface area contributed by atoms with Gasteiger partial charge in [-0.15, -0.1) is 0 Å². The molecule has 0 rings (SSSR count). The third-order valence-electron chi connectivity index (χ3n) is 1.89. The molecule has 1 N–H and O–H groups in total. The van der Waals surface area contributed by atoms with Gasteiger partial charge in [-0.25, -0.2) is 0 Å². The molecule has 0 aliphatic rings. The summed E-state index contributed by atoms with van der Waals surface area (Å²) in [4.78, 5) is 24.5. The summed E-state index contributed by atoms with van der Waals surface area (Å²) in [5, 5.41) is 8.79. The Labute approximate surface area is 77.9 Å². The Morgan fingerprint density at radius 3 is 2.00 bits per heavy atom. The van der Waals surface area contributed by atoms with E-state index in [0.717, 1.165) is 0 Å². The van der Waals surface area contributed by atoms with Crippen molar-refractivity contribution in [3.05, 3.63) is 0 Å². The molecule has 1 unspecified atom stereocenters. The lowest BCUT2D eigenvalue weighted by molar-refractivity contribution is -0.143. The van der Waals surface area contributed by atoms with Gasteiger partial charge in [0.2, 0.25) is 5.91 Å². The Bertz CT molecular complexity index is 204. The summed E-state index contributed by atoms with van der Waals surface area (Å²) in [5.41, 5.74) is 0. The van der Waals surface area contributed by atoms with E-state index in [0.29, 0.717) is 0 Å². The summed E-state index contributed by atoms with van der Waals surface area (Å²) >= 11 is 0. The van der Waals surface area contributed by atoms with Crippen LogP contribution in [0.15, 0.2) is 0 Å². The van der Waals surface area contributed by atoms with Crippen LogP contribution in [0.2, 0.25) is 0 Å². The van der Waals surface area contributed by atoms with Crippen LogP contribution in [0.1, 0.15) is 6.92 Å². The van der Waals surface area contributed by atoms with Crippen LogP contribution in [-0.4, -0.2) is 60.5 Å². The molecule has 1 atom stereocenters. The van der Waals surface area contributed by atoms with Crippen molar-refractivity contribution in [1.29, 1.82) is 0 Å². The number of hydrogen-bond acceptors (Lipinski definition) is 3. The molecular weight excluding hydrogens is 172 g/mol. The molecule has 0 bridgehead atoms. The van der Waals surface area contributed by atoms with Gasteiger partial charge in [-0.05, 0) is 14.1 Å². The number of carboxylic acids is 1. The molecule has 0 saturated carbocycles. The number of carbonyl (C=O) groups is 2. The van der Waals surface area contributed by atoms with Gasteiger partial charge in [-0.2, -0.15) is 0 Å². The van der Waals surface area contributed by atoms with Crippen molar-refractivity contribution in [1.82, 2.24) is 9.80 Å². The summed E-state index contributed by atoms with van der Waals surface area (Å²) in [6.07, 6.45) is 0. The first kappa shape index (κ1) is 11.9. The largest absolute Gasteiger partial charge is 0.480 e. The molecule has 0 heterocycles. The van der Waals surface area contributed by atoms with Gasteiger partial charge >= 0.3 is 5.97 Å². The number of amides is 1. The zero-order chi connectivity index (χ0) is 10.6. The fourth-order valence-electron chi connectivity index (χ4n) is 0.850. The number of carbonyl (C=O) groups excluding carboxylic acids is 1. The summed E-state index contributed by atoms with van der Waals surface area (Å²) in [6, 6.07) is -0.645. The molecule has 0 aliphatic heterocycles. The quantitative estimate of drug-likeness (QED) is 0.645. The van der Waals surface area contributed by atoms with E-state index in [-0.39, 0.29) is 12.5 Å². The SMILES string of the molecule is CC(=O)N(C)CC(C(=O)O)N(C)C. The van der Waals surface area contributed by atoms with E-state index in [9.17, 15) is 9.59 Å². The highest BCUT2D eigenvalue weighted by Gasteiger charge is 2.22. The van der Waals surface area contributed by atoms with E-state index >= 15 is 0 Å². The molecule has 5 heteroatoms. The molecule has 0 spiro atoms. The summed E-state index contributed by atoms with van der Waals surface area (Å²) < 4.78 is 0. The summed E-state index contributed by atoms with van der Waals surface area (Å²) in [6.45, 7) is 1.62. The molecule has 1 amide bonds. The van der Waals surface area contributed by atoms with Crippen molar-refractivity contribution in [3.63, 3.8) is 0 Å². The van der Waals surface area contributed by atoms with Crippen molar-refractivity contribution in [2.45, 2.75) is 13.0 Å². The minimum atomic E-state index is -0.918. The topological polar surface area (TPSA) is 60.9 Å². The minimum Gasteiger partial charge on any atom is -0.480 e. The second kappa shape index (κ2) is 4.81. The lowest BCUT2D eigenvalue weighted by atomic mass is 10.2. The molecule has 0 aliphatic carbocycles. The number of carboxylic acid groups (broad SMARTS) is 1. The van der Waals surface area contributed by atoms with Crippen molar-refractivity contribution in [2.24, 2.45) is 0 Å². The molecule has 0 aromatic rings. The van der Waals surface area contributed by atoms with Gasteiger partial charge < -0.3 is 10.0 Å². The maximum Gasteiger partial charge on any atom is 0.322 e. The average Bonchev–Trinajstić information content (AvgIpc) is 1.97. The number of aliphatic carboxylic acids is 1. The van der Waals surface area contributed by atoms with Crippen molar-refractivity contribution >= 4 is 11.9 Å². The van der Waals surface area contributed by atoms with Gasteiger partial charge in [0.25, 0.3) is 0 Å². The molecule has 0 saturated heterocycles. The Morgan fingerprint density at radius 1 is 1.31 bits per heavy atom. The van der Waals surface area contributed by atoms with Crippen molar-refractivity contribution in [3.8, 4) is 0 Å². The number of hydrogen-bond donors (Lipinski definition) is 1. The van der Waals surface area contributed by atoms with Gasteiger partial charge in [0, 0.05) is 20.5 Å². The van der Waals surface area contributed by atoms with E-state index in [1.54, 1.807) is 26.0 Å². The summed E-state index contributed by atoms with van der Waals surface area (Å²) in [5.74, 6) is -1.05. The van der Waals surface area contributed by atoms with E-state index in [1.165, 1.54) is 11.8 Å². The highest BCUT2D eigenvalue weighted by molar-refractivity contribution is 5.76. The molecule has 5 nitrogen and oxygen atoms in total. The zero-order valence-corrected chi connectivity index (χ0v) is 8.44. The molecule has 76 valence electrons. The first-order chi connectivity index (χ1) is 5.86. The van der Waals surface area contributed by atoms with Crippen LogP contribution in [0.3, 0.4) is 0 Å². The Balaban J connectivity index is 4.27. The van der Waals surface area contributed by atoms with Gasteiger partial charge in [0.1, 0.15) is 6.04 Å². The van der Waals surface area contributed by atoms with Crippen LogP contribution in [-0.2, 0) is 9.59 Å². The molecule has 0 aromatic carbocycles. The zero-order valence-electron chi connectivity index (χ0n) is 8.44. The average molecular weight is 188 g/mol. The summed E-state index contributed by atoms with van der Waals surface area (Å²) in [7, 11) is 4.93. The number of rotatable bonds is 4. The molecule has 0 aromatic heterocycles. The van der Waals surface area contributed by atoms with Crippen LogP contribution < -0.4 is 0 Å². The Morgan fingerprint density at radius 2 is 1.77 bits per heavy atom. The number of likely N-dealkylation sites (N-methyl/N-ethyl adjacent to an activating group) is 2. The second-order valence-corrected chi connectivity index (χ2v) is 3.22. The van der Waals surface area contributed by atoms with Crippen LogP contribution in [0.25, 0.3) is 0 Å². The smallest absolute Gasteiger partial charge is 0.322 e. The van der Waals surface area contributed by atoms with E-state index in [2.05, 4.69) is 0 Å². The Kier molecular flexibility index (Phi) is 4.40. The van der Waals surface area contributed by atoms with Crippen LogP contribution in [0, 0.1) is 0 Å². The minimum absolute atomic E-state index is 0.131. The maximum atomic E-state index is 10.8. The monoisotopic (exact) mass is 188 g/mol. The first-order valence-electron chi connectivity index (χ1n) is 3.97. The number of nitrogens with zero attached hydrogens (tertiary/aromatic N) is 2. The second-order valence-electron chi connectivity index (χ2n) is 3.22. The highest BCUT2D eigenvalue weighted by atomic mass is 16.4. The predicted molar refractivity (Wildman–Crippen MR) is 48.4 cm³/mol. The predicted octanol–water partition coefficient (Wildman–Crippen LogP) is -0.520.